The van der Waals surface area contributed by atoms with Gasteiger partial charge in [-0.2, -0.15) is 0 Å². The maximum absolute atomic E-state index is 12.9. The molecule has 1 fully saturated rings. The van der Waals surface area contributed by atoms with Gasteiger partial charge in [0.25, 0.3) is 5.91 Å². The lowest BCUT2D eigenvalue weighted by Crippen LogP contribution is -2.33. The van der Waals surface area contributed by atoms with E-state index in [-0.39, 0.29) is 18.2 Å². The molecule has 1 aliphatic heterocycles. The first-order valence-corrected chi connectivity index (χ1v) is 11.5. The molecule has 27 heavy (non-hydrogen) atoms. The smallest absolute Gasteiger partial charge is 0.282 e. The second-order valence-corrected chi connectivity index (χ2v) is 10.2. The van der Waals surface area contributed by atoms with E-state index in [0.29, 0.717) is 28.6 Å². The van der Waals surface area contributed by atoms with Crippen molar-refractivity contribution in [1.82, 2.24) is 9.88 Å². The molecule has 0 radical (unpaired) electrons. The quantitative estimate of drug-likeness (QED) is 0.629. The van der Waals surface area contributed by atoms with Crippen LogP contribution in [0.4, 0.5) is 0 Å². The minimum absolute atomic E-state index is 0.0838. The molecule has 1 aromatic heterocycles. The maximum Gasteiger partial charge on any atom is 0.282 e. The summed E-state index contributed by atoms with van der Waals surface area (Å²) in [5.41, 5.74) is 1.38. The van der Waals surface area contributed by atoms with Crippen LogP contribution in [-0.2, 0) is 9.84 Å². The van der Waals surface area contributed by atoms with Gasteiger partial charge >= 0.3 is 0 Å². The number of halogens is 1. The SMILES string of the molecule is O=C(c1nc2ccccc2s1)N1CC[C@H](c2ccccc2Cl)S(=O)(=O)CC1. The second-order valence-electron chi connectivity index (χ2n) is 6.44. The molecule has 0 saturated carbocycles. The van der Waals surface area contributed by atoms with Gasteiger partial charge in [-0.25, -0.2) is 13.4 Å². The van der Waals surface area contributed by atoms with E-state index >= 15 is 0 Å². The van der Waals surface area contributed by atoms with Crippen molar-refractivity contribution in [1.29, 1.82) is 0 Å². The average Bonchev–Trinajstić information content (AvgIpc) is 3.02. The van der Waals surface area contributed by atoms with Gasteiger partial charge in [0.1, 0.15) is 0 Å². The molecule has 140 valence electrons. The monoisotopic (exact) mass is 420 g/mol. The lowest BCUT2D eigenvalue weighted by molar-refractivity contribution is 0.0766. The number of fused-ring (bicyclic) bond motifs is 1. The molecular formula is C19H17ClN2O3S2. The fourth-order valence-corrected chi connectivity index (χ4v) is 6.41. The molecule has 0 aliphatic carbocycles. The second kappa shape index (κ2) is 7.22. The minimum Gasteiger partial charge on any atom is -0.336 e. The van der Waals surface area contributed by atoms with Crippen LogP contribution in [0, 0.1) is 0 Å². The number of aromatic nitrogens is 1. The zero-order valence-electron chi connectivity index (χ0n) is 14.3. The van der Waals surface area contributed by atoms with Crippen molar-refractivity contribution in [3.63, 3.8) is 0 Å². The van der Waals surface area contributed by atoms with Crippen LogP contribution >= 0.6 is 22.9 Å². The maximum atomic E-state index is 12.9. The highest BCUT2D eigenvalue weighted by atomic mass is 35.5. The zero-order chi connectivity index (χ0) is 19.0. The molecule has 0 N–H and O–H groups in total. The number of benzene rings is 2. The van der Waals surface area contributed by atoms with Crippen LogP contribution in [0.2, 0.25) is 5.02 Å². The van der Waals surface area contributed by atoms with Crippen LogP contribution in [0.3, 0.4) is 0 Å². The van der Waals surface area contributed by atoms with Crippen molar-refractivity contribution < 1.29 is 13.2 Å². The van der Waals surface area contributed by atoms with Gasteiger partial charge < -0.3 is 4.90 Å². The highest BCUT2D eigenvalue weighted by molar-refractivity contribution is 7.91. The van der Waals surface area contributed by atoms with Gasteiger partial charge in [0.05, 0.1) is 21.2 Å². The highest BCUT2D eigenvalue weighted by Crippen LogP contribution is 2.34. The third-order valence-corrected chi connectivity index (χ3v) is 8.23. The van der Waals surface area contributed by atoms with Crippen molar-refractivity contribution in [2.45, 2.75) is 11.7 Å². The Morgan fingerprint density at radius 2 is 1.85 bits per heavy atom. The Labute approximate surface area is 166 Å². The van der Waals surface area contributed by atoms with E-state index in [0.717, 1.165) is 10.2 Å². The summed E-state index contributed by atoms with van der Waals surface area (Å²) in [7, 11) is -3.40. The number of hydrogen-bond donors (Lipinski definition) is 0. The molecule has 1 amide bonds. The Hall–Kier alpha value is -1.96. The summed E-state index contributed by atoms with van der Waals surface area (Å²) >= 11 is 7.56. The molecule has 0 bridgehead atoms. The van der Waals surface area contributed by atoms with Crippen LogP contribution in [-0.4, -0.2) is 43.1 Å². The number of thiazole rings is 1. The molecule has 0 spiro atoms. The van der Waals surface area contributed by atoms with Gasteiger partial charge in [-0.05, 0) is 30.2 Å². The molecule has 2 heterocycles. The average molecular weight is 421 g/mol. The van der Waals surface area contributed by atoms with Crippen molar-refractivity contribution in [2.24, 2.45) is 0 Å². The Balaban J connectivity index is 1.60. The lowest BCUT2D eigenvalue weighted by Gasteiger charge is -2.18. The Morgan fingerprint density at radius 3 is 2.63 bits per heavy atom. The van der Waals surface area contributed by atoms with Crippen molar-refractivity contribution in [3.05, 3.63) is 64.1 Å². The van der Waals surface area contributed by atoms with Crippen LogP contribution < -0.4 is 0 Å². The minimum atomic E-state index is -3.40. The molecular weight excluding hydrogens is 404 g/mol. The first-order chi connectivity index (χ1) is 13.0. The fourth-order valence-electron chi connectivity index (χ4n) is 3.33. The van der Waals surface area contributed by atoms with Crippen LogP contribution in [0.15, 0.2) is 48.5 Å². The van der Waals surface area contributed by atoms with Crippen LogP contribution in [0.1, 0.15) is 27.0 Å². The van der Waals surface area contributed by atoms with E-state index in [2.05, 4.69) is 4.98 Å². The summed E-state index contributed by atoms with van der Waals surface area (Å²) in [5, 5.41) is 0.140. The molecule has 1 saturated heterocycles. The van der Waals surface area contributed by atoms with E-state index in [1.165, 1.54) is 11.3 Å². The highest BCUT2D eigenvalue weighted by Gasteiger charge is 2.34. The van der Waals surface area contributed by atoms with E-state index in [1.807, 2.05) is 24.3 Å². The summed E-state index contributed by atoms with van der Waals surface area (Å²) in [6, 6.07) is 14.6. The Kier molecular flexibility index (Phi) is 4.92. The molecule has 1 atom stereocenters. The number of hydrogen-bond acceptors (Lipinski definition) is 5. The number of para-hydroxylation sites is 1. The van der Waals surface area contributed by atoms with Crippen LogP contribution in [0.5, 0.6) is 0 Å². The topological polar surface area (TPSA) is 67.3 Å². The summed E-state index contributed by atoms with van der Waals surface area (Å²) in [6.07, 6.45) is 0.322. The summed E-state index contributed by atoms with van der Waals surface area (Å²) < 4.78 is 26.5. The van der Waals surface area contributed by atoms with E-state index in [4.69, 9.17) is 11.6 Å². The van der Waals surface area contributed by atoms with Gasteiger partial charge in [-0.15, -0.1) is 11.3 Å². The largest absolute Gasteiger partial charge is 0.336 e. The molecule has 2 aromatic carbocycles. The lowest BCUT2D eigenvalue weighted by atomic mass is 10.1. The fraction of sp³-hybridized carbons (Fsp3) is 0.263. The predicted molar refractivity (Wildman–Crippen MR) is 108 cm³/mol. The number of nitrogens with zero attached hydrogens (tertiary/aromatic N) is 2. The van der Waals surface area contributed by atoms with Gasteiger partial charge in [0.2, 0.25) is 0 Å². The number of carbonyl (C=O) groups is 1. The Bertz CT molecular complexity index is 1080. The number of sulfone groups is 1. The third-order valence-electron chi connectivity index (χ3n) is 4.76. The molecule has 5 nitrogen and oxygen atoms in total. The van der Waals surface area contributed by atoms with Crippen molar-refractivity contribution in [2.75, 3.05) is 18.8 Å². The summed E-state index contributed by atoms with van der Waals surface area (Å²) in [6.45, 7) is 0.516. The van der Waals surface area contributed by atoms with Gasteiger partial charge in [0.15, 0.2) is 14.8 Å². The van der Waals surface area contributed by atoms with E-state index in [1.54, 1.807) is 29.2 Å². The van der Waals surface area contributed by atoms with Crippen molar-refractivity contribution >= 4 is 48.9 Å². The standard InChI is InChI=1S/C19H17ClN2O3S2/c20-14-6-2-1-5-13(14)17-9-10-22(11-12-27(17,24)25)19(23)18-21-15-7-3-4-8-16(15)26-18/h1-8,17H,9-12H2/t17-/m1/s1. The summed E-state index contributed by atoms with van der Waals surface area (Å²) in [4.78, 5) is 18.9. The zero-order valence-corrected chi connectivity index (χ0v) is 16.7. The molecule has 1 aliphatic rings. The molecule has 4 rings (SSSR count). The first-order valence-electron chi connectivity index (χ1n) is 8.56. The van der Waals surface area contributed by atoms with Gasteiger partial charge in [-0.1, -0.05) is 41.9 Å². The third kappa shape index (κ3) is 3.59. The molecule has 3 aromatic rings. The number of carbonyl (C=O) groups excluding carboxylic acids is 1. The molecule has 8 heteroatoms. The summed E-state index contributed by atoms with van der Waals surface area (Å²) in [5.74, 6) is -0.300. The Morgan fingerprint density at radius 1 is 1.11 bits per heavy atom. The van der Waals surface area contributed by atoms with Crippen molar-refractivity contribution in [3.8, 4) is 0 Å². The van der Waals surface area contributed by atoms with Crippen LogP contribution in [0.25, 0.3) is 10.2 Å². The van der Waals surface area contributed by atoms with E-state index < -0.39 is 15.1 Å². The number of amides is 1. The number of rotatable bonds is 2. The van der Waals surface area contributed by atoms with E-state index in [9.17, 15) is 13.2 Å². The normalized spacial score (nSPS) is 19.7. The molecule has 0 unspecified atom stereocenters. The van der Waals surface area contributed by atoms with Gasteiger partial charge in [-0.3, -0.25) is 4.79 Å². The van der Waals surface area contributed by atoms with Gasteiger partial charge in [0, 0.05) is 18.1 Å². The predicted octanol–water partition coefficient (Wildman–Crippen LogP) is 3.95. The first kappa shape index (κ1) is 18.4.